The van der Waals surface area contributed by atoms with Gasteiger partial charge >= 0.3 is 5.97 Å². The Morgan fingerprint density at radius 2 is 2.06 bits per heavy atom. The smallest absolute Gasteiger partial charge is 0.337 e. The summed E-state index contributed by atoms with van der Waals surface area (Å²) in [5.41, 5.74) is 2.40. The van der Waals surface area contributed by atoms with Crippen molar-refractivity contribution in [2.24, 2.45) is 0 Å². The first kappa shape index (κ1) is 11.2. The van der Waals surface area contributed by atoms with E-state index >= 15 is 0 Å². The second kappa shape index (κ2) is 3.65. The largest absolute Gasteiger partial charge is 0.478 e. The fourth-order valence-corrected chi connectivity index (χ4v) is 2.07. The van der Waals surface area contributed by atoms with Gasteiger partial charge in [-0.2, -0.15) is 0 Å². The molecule has 0 aliphatic heterocycles. The Morgan fingerprint density at radius 3 is 2.44 bits per heavy atom. The summed E-state index contributed by atoms with van der Waals surface area (Å²) < 4.78 is 0. The van der Waals surface area contributed by atoms with Gasteiger partial charge in [0, 0.05) is 16.8 Å². The van der Waals surface area contributed by atoms with Crippen LogP contribution in [0.15, 0.2) is 6.07 Å². The van der Waals surface area contributed by atoms with E-state index < -0.39 is 5.97 Å². The highest BCUT2D eigenvalue weighted by Gasteiger charge is 2.29. The molecular weight excluding hydrogens is 202 g/mol. The van der Waals surface area contributed by atoms with Crippen molar-refractivity contribution in [2.75, 3.05) is 0 Å². The number of hydrogen-bond acceptors (Lipinski definition) is 1. The van der Waals surface area contributed by atoms with Gasteiger partial charge in [-0.25, -0.2) is 4.79 Å². The number of carbonyl (C=O) groups is 1. The summed E-state index contributed by atoms with van der Waals surface area (Å²) in [4.78, 5) is 14.5. The predicted octanol–water partition coefficient (Wildman–Crippen LogP) is 3.28. The van der Waals surface area contributed by atoms with Gasteiger partial charge in [0.1, 0.15) is 0 Å². The molecule has 0 atom stereocenters. The molecule has 1 fully saturated rings. The Balaban J connectivity index is 2.41. The molecule has 1 saturated carbocycles. The Labute approximate surface area is 95.9 Å². The van der Waals surface area contributed by atoms with Gasteiger partial charge < -0.3 is 10.1 Å². The number of carboxylic acids is 1. The maximum atomic E-state index is 11.2. The maximum Gasteiger partial charge on any atom is 0.337 e. The molecule has 1 aliphatic rings. The van der Waals surface area contributed by atoms with E-state index in [1.807, 2.05) is 0 Å². The van der Waals surface area contributed by atoms with E-state index in [0.717, 1.165) is 24.2 Å². The van der Waals surface area contributed by atoms with Crippen molar-refractivity contribution in [3.05, 3.63) is 23.0 Å². The van der Waals surface area contributed by atoms with Crippen LogP contribution in [0.4, 0.5) is 0 Å². The molecule has 16 heavy (non-hydrogen) atoms. The van der Waals surface area contributed by atoms with Crippen molar-refractivity contribution in [1.29, 1.82) is 0 Å². The van der Waals surface area contributed by atoms with E-state index in [2.05, 4.69) is 25.8 Å². The highest BCUT2D eigenvalue weighted by molar-refractivity contribution is 5.89. The van der Waals surface area contributed by atoms with Crippen molar-refractivity contribution in [2.45, 2.75) is 51.4 Å². The van der Waals surface area contributed by atoms with Gasteiger partial charge in [0.15, 0.2) is 0 Å². The van der Waals surface area contributed by atoms with Gasteiger partial charge in [-0.3, -0.25) is 0 Å². The van der Waals surface area contributed by atoms with Crippen LogP contribution in [0.3, 0.4) is 0 Å². The first-order valence-electron chi connectivity index (χ1n) is 5.86. The standard InChI is InChI=1S/C13H19NO2/c1-13(2,3)10-7-9(12(15)16)11(14-10)8-5-4-6-8/h7-8,14H,4-6H2,1-3H3,(H,15,16). The topological polar surface area (TPSA) is 53.1 Å². The molecule has 0 saturated heterocycles. The average Bonchev–Trinajstić information content (AvgIpc) is 2.44. The second-order valence-electron chi connectivity index (χ2n) is 5.69. The lowest BCUT2D eigenvalue weighted by molar-refractivity contribution is 0.0694. The lowest BCUT2D eigenvalue weighted by Crippen LogP contribution is -2.14. The van der Waals surface area contributed by atoms with Crippen LogP contribution in [0.2, 0.25) is 0 Å². The highest BCUT2D eigenvalue weighted by atomic mass is 16.4. The maximum absolute atomic E-state index is 11.2. The fourth-order valence-electron chi connectivity index (χ4n) is 2.07. The molecule has 3 nitrogen and oxygen atoms in total. The van der Waals surface area contributed by atoms with Crippen LogP contribution >= 0.6 is 0 Å². The molecule has 0 unspecified atom stereocenters. The van der Waals surface area contributed by atoms with E-state index in [4.69, 9.17) is 0 Å². The molecule has 1 heterocycles. The number of carboxylic acid groups (broad SMARTS) is 1. The molecule has 2 N–H and O–H groups in total. The quantitative estimate of drug-likeness (QED) is 0.805. The van der Waals surface area contributed by atoms with E-state index in [9.17, 15) is 9.90 Å². The Morgan fingerprint density at radius 1 is 1.44 bits per heavy atom. The van der Waals surface area contributed by atoms with Crippen molar-refractivity contribution < 1.29 is 9.90 Å². The summed E-state index contributed by atoms with van der Waals surface area (Å²) in [5.74, 6) is -0.379. The number of rotatable bonds is 2. The summed E-state index contributed by atoms with van der Waals surface area (Å²) in [7, 11) is 0. The van der Waals surface area contributed by atoms with Gasteiger partial charge in [0.05, 0.1) is 5.56 Å². The third-order valence-electron chi connectivity index (χ3n) is 3.40. The summed E-state index contributed by atoms with van der Waals surface area (Å²) >= 11 is 0. The lowest BCUT2D eigenvalue weighted by atomic mass is 9.82. The molecular formula is C13H19NO2. The zero-order valence-corrected chi connectivity index (χ0v) is 10.1. The zero-order chi connectivity index (χ0) is 11.9. The fraction of sp³-hybridized carbons (Fsp3) is 0.615. The van der Waals surface area contributed by atoms with Crippen molar-refractivity contribution in [3.8, 4) is 0 Å². The normalized spacial score (nSPS) is 17.2. The molecule has 1 aromatic rings. The van der Waals surface area contributed by atoms with Crippen LogP contribution in [0, 0.1) is 0 Å². The van der Waals surface area contributed by atoms with E-state index in [-0.39, 0.29) is 5.41 Å². The number of hydrogen-bond donors (Lipinski definition) is 2. The molecule has 0 radical (unpaired) electrons. The second-order valence-corrected chi connectivity index (χ2v) is 5.69. The summed E-state index contributed by atoms with van der Waals surface area (Å²) in [6, 6.07) is 1.80. The van der Waals surface area contributed by atoms with Crippen LogP contribution < -0.4 is 0 Å². The van der Waals surface area contributed by atoms with E-state index in [1.165, 1.54) is 6.42 Å². The predicted molar refractivity (Wildman–Crippen MR) is 63.0 cm³/mol. The van der Waals surface area contributed by atoms with Crippen LogP contribution in [-0.2, 0) is 5.41 Å². The monoisotopic (exact) mass is 221 g/mol. The van der Waals surface area contributed by atoms with Crippen molar-refractivity contribution in [1.82, 2.24) is 4.98 Å². The molecule has 1 aliphatic carbocycles. The van der Waals surface area contributed by atoms with Crippen LogP contribution in [-0.4, -0.2) is 16.1 Å². The third-order valence-corrected chi connectivity index (χ3v) is 3.40. The average molecular weight is 221 g/mol. The summed E-state index contributed by atoms with van der Waals surface area (Å²) in [6.45, 7) is 6.28. The zero-order valence-electron chi connectivity index (χ0n) is 10.1. The molecule has 0 bridgehead atoms. The SMILES string of the molecule is CC(C)(C)c1cc(C(=O)O)c(C2CCC2)[nH]1. The number of aromatic amines is 1. The molecule has 2 rings (SSSR count). The van der Waals surface area contributed by atoms with Crippen molar-refractivity contribution in [3.63, 3.8) is 0 Å². The summed E-state index contributed by atoms with van der Waals surface area (Å²) in [5, 5.41) is 9.19. The van der Waals surface area contributed by atoms with Gasteiger partial charge in [-0.1, -0.05) is 27.2 Å². The van der Waals surface area contributed by atoms with Gasteiger partial charge in [0.25, 0.3) is 0 Å². The number of aromatic carboxylic acids is 1. The Kier molecular flexibility index (Phi) is 2.56. The summed E-state index contributed by atoms with van der Waals surface area (Å²) in [6.07, 6.45) is 3.45. The Bertz CT molecular complexity index is 408. The van der Waals surface area contributed by atoms with Crippen molar-refractivity contribution >= 4 is 5.97 Å². The van der Waals surface area contributed by atoms with Crippen LogP contribution in [0.1, 0.15) is 67.7 Å². The van der Waals surface area contributed by atoms with Crippen LogP contribution in [0.5, 0.6) is 0 Å². The molecule has 0 aromatic carbocycles. The third kappa shape index (κ3) is 1.86. The molecule has 3 heteroatoms. The minimum Gasteiger partial charge on any atom is -0.478 e. The first-order valence-corrected chi connectivity index (χ1v) is 5.86. The van der Waals surface area contributed by atoms with Gasteiger partial charge in [0.2, 0.25) is 0 Å². The Hall–Kier alpha value is -1.25. The van der Waals surface area contributed by atoms with Crippen LogP contribution in [0.25, 0.3) is 0 Å². The number of aromatic nitrogens is 1. The first-order chi connectivity index (χ1) is 7.39. The lowest BCUT2D eigenvalue weighted by Gasteiger charge is -2.25. The highest BCUT2D eigenvalue weighted by Crippen LogP contribution is 2.39. The molecule has 88 valence electrons. The minimum atomic E-state index is -0.811. The van der Waals surface area contributed by atoms with Gasteiger partial charge in [-0.05, 0) is 24.8 Å². The van der Waals surface area contributed by atoms with E-state index in [1.54, 1.807) is 6.07 Å². The number of H-pyrrole nitrogens is 1. The van der Waals surface area contributed by atoms with E-state index in [0.29, 0.717) is 11.5 Å². The molecule has 0 amide bonds. The van der Waals surface area contributed by atoms with Gasteiger partial charge in [-0.15, -0.1) is 0 Å². The number of nitrogens with one attached hydrogen (secondary N) is 1. The molecule has 1 aromatic heterocycles. The molecule has 0 spiro atoms. The minimum absolute atomic E-state index is 0.0216.